The molecule has 0 fully saturated rings. The molecular formula is C27H34N2O6. The molecule has 0 aromatic heterocycles. The van der Waals surface area contributed by atoms with Crippen molar-refractivity contribution >= 4 is 18.2 Å². The van der Waals surface area contributed by atoms with Gasteiger partial charge in [-0.3, -0.25) is 0 Å². The molecule has 188 valence electrons. The lowest BCUT2D eigenvalue weighted by molar-refractivity contribution is -0.139. The zero-order valence-corrected chi connectivity index (χ0v) is 20.8. The molecule has 1 atom stereocenters. The maximum atomic E-state index is 12.3. The van der Waals surface area contributed by atoms with Gasteiger partial charge in [0, 0.05) is 13.6 Å². The molecule has 2 N–H and O–H groups in total. The molecule has 0 bridgehead atoms. The van der Waals surface area contributed by atoms with Gasteiger partial charge in [-0.2, -0.15) is 0 Å². The van der Waals surface area contributed by atoms with Crippen LogP contribution in [0.4, 0.5) is 9.59 Å². The maximum Gasteiger partial charge on any atom is 0.410 e. The molecule has 0 radical (unpaired) electrons. The highest BCUT2D eigenvalue weighted by Gasteiger charge is 2.24. The fourth-order valence-electron chi connectivity index (χ4n) is 4.07. The molecular weight excluding hydrogens is 448 g/mol. The molecule has 2 amide bonds. The van der Waals surface area contributed by atoms with E-state index in [1.54, 1.807) is 27.8 Å². The number of carbonyl (C=O) groups excluding carboxylic acids is 2. The largest absolute Gasteiger partial charge is 0.480 e. The van der Waals surface area contributed by atoms with Gasteiger partial charge < -0.3 is 24.8 Å². The molecule has 0 aliphatic heterocycles. The minimum atomic E-state index is -1.13. The molecule has 0 saturated carbocycles. The Bertz CT molecular complexity index is 1080. The highest BCUT2D eigenvalue weighted by atomic mass is 16.6. The number of hydrogen-bond acceptors (Lipinski definition) is 5. The number of ether oxygens (including phenoxy) is 2. The number of hydrogen-bond donors (Lipinski definition) is 2. The molecule has 8 nitrogen and oxygen atoms in total. The first-order valence-corrected chi connectivity index (χ1v) is 11.8. The summed E-state index contributed by atoms with van der Waals surface area (Å²) in [4.78, 5) is 37.4. The Morgan fingerprint density at radius 1 is 1.06 bits per heavy atom. The lowest BCUT2D eigenvalue weighted by Gasteiger charge is -2.24. The number of carbonyl (C=O) groups is 3. The predicted molar refractivity (Wildman–Crippen MR) is 132 cm³/mol. The SMILES string of the molecule is CN(CCCC[C@H](NC(=O)OCc1cccc2c1Cc1ccccc1-2)C(=O)O)C(=O)OC(C)(C)C. The third-order valence-corrected chi connectivity index (χ3v) is 5.84. The van der Waals surface area contributed by atoms with Crippen LogP contribution in [0.2, 0.25) is 0 Å². The van der Waals surface area contributed by atoms with Crippen LogP contribution in [0.15, 0.2) is 42.5 Å². The summed E-state index contributed by atoms with van der Waals surface area (Å²) in [6.07, 6.45) is 0.896. The van der Waals surface area contributed by atoms with Gasteiger partial charge >= 0.3 is 18.2 Å². The molecule has 35 heavy (non-hydrogen) atoms. The van der Waals surface area contributed by atoms with Crippen molar-refractivity contribution in [2.24, 2.45) is 0 Å². The number of unbranched alkanes of at least 4 members (excludes halogenated alkanes) is 1. The Morgan fingerprint density at radius 3 is 2.49 bits per heavy atom. The molecule has 0 unspecified atom stereocenters. The number of benzene rings is 2. The van der Waals surface area contributed by atoms with Crippen LogP contribution in [0.3, 0.4) is 0 Å². The summed E-state index contributed by atoms with van der Waals surface area (Å²) in [5.74, 6) is -1.13. The number of alkyl carbamates (subject to hydrolysis) is 1. The van der Waals surface area contributed by atoms with E-state index in [1.807, 2.05) is 24.3 Å². The Kier molecular flexibility index (Phi) is 8.38. The van der Waals surface area contributed by atoms with E-state index in [4.69, 9.17) is 9.47 Å². The zero-order valence-electron chi connectivity index (χ0n) is 20.8. The number of carboxylic acid groups (broad SMARTS) is 1. The summed E-state index contributed by atoms with van der Waals surface area (Å²) >= 11 is 0. The van der Waals surface area contributed by atoms with Crippen LogP contribution < -0.4 is 5.32 Å². The Hall–Kier alpha value is -3.55. The fourth-order valence-corrected chi connectivity index (χ4v) is 4.07. The third kappa shape index (κ3) is 7.21. The first kappa shape index (κ1) is 26.1. The van der Waals surface area contributed by atoms with Crippen molar-refractivity contribution in [3.05, 3.63) is 59.2 Å². The van der Waals surface area contributed by atoms with Crippen LogP contribution in [0.1, 0.15) is 56.7 Å². The van der Waals surface area contributed by atoms with Gasteiger partial charge in [0.05, 0.1) is 0 Å². The summed E-state index contributed by atoms with van der Waals surface area (Å²) < 4.78 is 10.7. The molecule has 2 aromatic carbocycles. The zero-order chi connectivity index (χ0) is 25.6. The summed E-state index contributed by atoms with van der Waals surface area (Å²) in [6.45, 7) is 5.88. The van der Waals surface area contributed by atoms with Crippen LogP contribution in [0.25, 0.3) is 11.1 Å². The summed E-state index contributed by atoms with van der Waals surface area (Å²) in [6, 6.07) is 13.0. The van der Waals surface area contributed by atoms with Gasteiger partial charge in [0.2, 0.25) is 0 Å². The van der Waals surface area contributed by atoms with E-state index in [-0.39, 0.29) is 13.0 Å². The van der Waals surface area contributed by atoms with E-state index < -0.39 is 29.8 Å². The topological polar surface area (TPSA) is 105 Å². The van der Waals surface area contributed by atoms with Gasteiger partial charge in [-0.15, -0.1) is 0 Å². The predicted octanol–water partition coefficient (Wildman–Crippen LogP) is 4.97. The summed E-state index contributed by atoms with van der Waals surface area (Å²) in [5.41, 5.74) is 5.03. The molecule has 0 saturated heterocycles. The summed E-state index contributed by atoms with van der Waals surface area (Å²) in [7, 11) is 1.64. The second-order valence-corrected chi connectivity index (χ2v) is 9.79. The van der Waals surface area contributed by atoms with Gasteiger partial charge in [0.25, 0.3) is 0 Å². The standard InChI is InChI=1S/C27H34N2O6/c1-27(2,3)35-26(33)29(4)15-8-7-14-23(24(30)31)28-25(32)34-17-19-11-9-13-21-20-12-6-5-10-18(20)16-22(19)21/h5-6,9-13,23H,7-8,14-17H2,1-4H3,(H,28,32)(H,30,31)/t23-/m0/s1. The van der Waals surface area contributed by atoms with Crippen LogP contribution in [0.5, 0.6) is 0 Å². The Morgan fingerprint density at radius 2 is 1.77 bits per heavy atom. The number of carboxylic acids is 1. The van der Waals surface area contributed by atoms with E-state index in [1.165, 1.54) is 16.0 Å². The van der Waals surface area contributed by atoms with E-state index >= 15 is 0 Å². The van der Waals surface area contributed by atoms with Gasteiger partial charge in [-0.1, -0.05) is 42.5 Å². The molecule has 0 spiro atoms. The van der Waals surface area contributed by atoms with E-state index in [2.05, 4.69) is 23.5 Å². The van der Waals surface area contributed by atoms with Crippen molar-refractivity contribution in [1.82, 2.24) is 10.2 Å². The van der Waals surface area contributed by atoms with Gasteiger partial charge in [0.15, 0.2) is 0 Å². The second-order valence-electron chi connectivity index (χ2n) is 9.79. The van der Waals surface area contributed by atoms with Gasteiger partial charge in [0.1, 0.15) is 18.2 Å². The first-order chi connectivity index (χ1) is 16.5. The van der Waals surface area contributed by atoms with Crippen molar-refractivity contribution in [2.45, 2.75) is 64.7 Å². The van der Waals surface area contributed by atoms with Gasteiger partial charge in [-0.25, -0.2) is 14.4 Å². The average Bonchev–Trinajstić information content (AvgIpc) is 3.17. The minimum absolute atomic E-state index is 0.0655. The lowest BCUT2D eigenvalue weighted by Crippen LogP contribution is -2.41. The van der Waals surface area contributed by atoms with Gasteiger partial charge in [-0.05, 0) is 74.3 Å². The number of nitrogens with zero attached hydrogens (tertiary/aromatic N) is 1. The highest BCUT2D eigenvalue weighted by Crippen LogP contribution is 2.38. The fraction of sp³-hybridized carbons (Fsp3) is 0.444. The van der Waals surface area contributed by atoms with Crippen molar-refractivity contribution in [2.75, 3.05) is 13.6 Å². The number of aliphatic carboxylic acids is 1. The van der Waals surface area contributed by atoms with Crippen LogP contribution >= 0.6 is 0 Å². The third-order valence-electron chi connectivity index (χ3n) is 5.84. The Balaban J connectivity index is 1.46. The number of rotatable bonds is 9. The first-order valence-electron chi connectivity index (χ1n) is 11.8. The number of nitrogens with one attached hydrogen (secondary N) is 1. The number of fused-ring (bicyclic) bond motifs is 3. The molecule has 2 aromatic rings. The Labute approximate surface area is 206 Å². The van der Waals surface area contributed by atoms with Crippen LogP contribution in [-0.2, 0) is 27.3 Å². The van der Waals surface area contributed by atoms with Crippen molar-refractivity contribution in [3.8, 4) is 11.1 Å². The van der Waals surface area contributed by atoms with Crippen molar-refractivity contribution in [1.29, 1.82) is 0 Å². The van der Waals surface area contributed by atoms with E-state index in [0.29, 0.717) is 19.4 Å². The monoisotopic (exact) mass is 482 g/mol. The normalized spacial score (nSPS) is 12.8. The van der Waals surface area contributed by atoms with Crippen molar-refractivity contribution < 1.29 is 29.0 Å². The minimum Gasteiger partial charge on any atom is -0.480 e. The summed E-state index contributed by atoms with van der Waals surface area (Å²) in [5, 5.41) is 12.0. The maximum absolute atomic E-state index is 12.3. The van der Waals surface area contributed by atoms with Crippen molar-refractivity contribution in [3.63, 3.8) is 0 Å². The molecule has 8 heteroatoms. The molecule has 3 rings (SSSR count). The van der Waals surface area contributed by atoms with Crippen LogP contribution in [0, 0.1) is 0 Å². The van der Waals surface area contributed by atoms with E-state index in [0.717, 1.165) is 23.1 Å². The lowest BCUT2D eigenvalue weighted by atomic mass is 10.0. The average molecular weight is 483 g/mol. The van der Waals surface area contributed by atoms with E-state index in [9.17, 15) is 19.5 Å². The molecule has 1 aliphatic carbocycles. The molecule has 0 heterocycles. The second kappa shape index (κ2) is 11.3. The highest BCUT2D eigenvalue weighted by molar-refractivity contribution is 5.80. The molecule has 1 aliphatic rings. The number of amides is 2. The van der Waals surface area contributed by atoms with Crippen LogP contribution in [-0.4, -0.2) is 53.4 Å². The quantitative estimate of drug-likeness (QED) is 0.417. The smallest absolute Gasteiger partial charge is 0.410 e.